The smallest absolute Gasteiger partial charge is 0.341 e. The van der Waals surface area contributed by atoms with Gasteiger partial charge in [0.1, 0.15) is 5.00 Å². The van der Waals surface area contributed by atoms with E-state index in [2.05, 4.69) is 19.2 Å². The normalized spacial score (nSPS) is 15.6. The van der Waals surface area contributed by atoms with E-state index in [1.54, 1.807) is 19.1 Å². The Hall–Kier alpha value is -2.23. The van der Waals surface area contributed by atoms with Crippen molar-refractivity contribution in [1.29, 1.82) is 0 Å². The lowest BCUT2D eigenvalue weighted by atomic mass is 9.97. The lowest BCUT2D eigenvalue weighted by Gasteiger charge is -2.30. The summed E-state index contributed by atoms with van der Waals surface area (Å²) < 4.78 is 32.7. The maximum absolute atomic E-state index is 13.0. The van der Waals surface area contributed by atoms with Crippen molar-refractivity contribution in [2.24, 2.45) is 5.92 Å². The second-order valence-electron chi connectivity index (χ2n) is 8.60. The minimum atomic E-state index is -3.60. The van der Waals surface area contributed by atoms with E-state index in [1.165, 1.54) is 15.6 Å². The molecule has 1 aromatic carbocycles. The molecular formula is C24H32N2O5S2. The fourth-order valence-electron chi connectivity index (χ4n) is 3.91. The lowest BCUT2D eigenvalue weighted by molar-refractivity contribution is -0.120. The van der Waals surface area contributed by atoms with Crippen molar-refractivity contribution in [3.05, 3.63) is 45.8 Å². The topological polar surface area (TPSA) is 92.8 Å². The van der Waals surface area contributed by atoms with Crippen LogP contribution < -0.4 is 5.32 Å². The molecule has 33 heavy (non-hydrogen) atoms. The quantitative estimate of drug-likeness (QED) is 0.566. The van der Waals surface area contributed by atoms with Crippen LogP contribution >= 0.6 is 11.3 Å². The number of benzene rings is 1. The fourth-order valence-corrected chi connectivity index (χ4v) is 6.43. The second-order valence-corrected chi connectivity index (χ2v) is 11.8. The number of piperidine rings is 1. The zero-order valence-corrected chi connectivity index (χ0v) is 21.4. The monoisotopic (exact) mass is 492 g/mol. The molecule has 0 atom stereocenters. The van der Waals surface area contributed by atoms with Crippen molar-refractivity contribution in [2.75, 3.05) is 25.0 Å². The Morgan fingerprint density at radius 2 is 1.76 bits per heavy atom. The van der Waals surface area contributed by atoms with Gasteiger partial charge >= 0.3 is 5.97 Å². The van der Waals surface area contributed by atoms with Gasteiger partial charge in [0.25, 0.3) is 0 Å². The van der Waals surface area contributed by atoms with E-state index in [0.717, 1.165) is 16.0 Å². The van der Waals surface area contributed by atoms with Crippen LogP contribution in [0.15, 0.2) is 29.2 Å². The predicted molar refractivity (Wildman–Crippen MR) is 130 cm³/mol. The van der Waals surface area contributed by atoms with Gasteiger partial charge in [-0.1, -0.05) is 26.0 Å². The maximum Gasteiger partial charge on any atom is 0.341 e. The average molecular weight is 493 g/mol. The molecule has 1 aliphatic rings. The lowest BCUT2D eigenvalue weighted by Crippen LogP contribution is -2.41. The second kappa shape index (κ2) is 10.4. The Morgan fingerprint density at radius 3 is 2.30 bits per heavy atom. The van der Waals surface area contributed by atoms with Gasteiger partial charge < -0.3 is 10.1 Å². The minimum Gasteiger partial charge on any atom is -0.462 e. The Labute approximate surface area is 200 Å². The van der Waals surface area contributed by atoms with Gasteiger partial charge in [0.05, 0.1) is 17.1 Å². The number of rotatable bonds is 7. The molecular weight excluding hydrogens is 460 g/mol. The number of hydrogen-bond acceptors (Lipinski definition) is 6. The first-order chi connectivity index (χ1) is 15.6. The third kappa shape index (κ3) is 5.47. The SMILES string of the molecule is CCOC(=O)c1c(NC(=O)C2CCN(S(=O)(=O)c3ccc(C(C)C)cc3)CC2)sc(C)c1C. The van der Waals surface area contributed by atoms with Crippen molar-refractivity contribution >= 4 is 38.2 Å². The molecule has 1 fully saturated rings. The number of nitrogens with one attached hydrogen (secondary N) is 1. The Balaban J connectivity index is 1.66. The zero-order chi connectivity index (χ0) is 24.3. The number of thiophene rings is 1. The molecule has 2 aromatic rings. The number of esters is 1. The van der Waals surface area contributed by atoms with Crippen LogP contribution in [0.25, 0.3) is 0 Å². The van der Waals surface area contributed by atoms with E-state index < -0.39 is 16.0 Å². The number of amides is 1. The first-order valence-electron chi connectivity index (χ1n) is 11.2. The van der Waals surface area contributed by atoms with Crippen LogP contribution in [0.5, 0.6) is 0 Å². The van der Waals surface area contributed by atoms with Crippen LogP contribution in [0, 0.1) is 19.8 Å². The first-order valence-corrected chi connectivity index (χ1v) is 13.5. The zero-order valence-electron chi connectivity index (χ0n) is 19.8. The molecule has 0 radical (unpaired) electrons. The molecule has 2 heterocycles. The van der Waals surface area contributed by atoms with Gasteiger partial charge in [0, 0.05) is 23.9 Å². The van der Waals surface area contributed by atoms with Crippen molar-refractivity contribution in [1.82, 2.24) is 4.31 Å². The molecule has 9 heteroatoms. The number of aryl methyl sites for hydroxylation is 1. The number of nitrogens with zero attached hydrogens (tertiary/aromatic N) is 1. The minimum absolute atomic E-state index is 0.194. The van der Waals surface area contributed by atoms with Gasteiger partial charge in [-0.15, -0.1) is 11.3 Å². The molecule has 1 aromatic heterocycles. The summed E-state index contributed by atoms with van der Waals surface area (Å²) in [6.07, 6.45) is 0.848. The molecule has 0 bridgehead atoms. The summed E-state index contributed by atoms with van der Waals surface area (Å²) in [7, 11) is -3.60. The molecule has 1 aliphatic heterocycles. The number of anilines is 1. The standard InChI is InChI=1S/C24H32N2O5S2/c1-6-31-24(28)21-16(4)17(5)32-23(21)25-22(27)19-11-13-26(14-12-19)33(29,30)20-9-7-18(8-10-20)15(2)3/h7-10,15,19H,6,11-14H2,1-5H3,(H,25,27). The van der Waals surface area contributed by atoms with Crippen LogP contribution in [0.4, 0.5) is 5.00 Å². The summed E-state index contributed by atoms with van der Waals surface area (Å²) in [5, 5.41) is 3.39. The van der Waals surface area contributed by atoms with Gasteiger partial charge in [-0.25, -0.2) is 13.2 Å². The van der Waals surface area contributed by atoms with Crippen molar-refractivity contribution in [3.63, 3.8) is 0 Å². The summed E-state index contributed by atoms with van der Waals surface area (Å²) in [4.78, 5) is 26.5. The number of carbonyl (C=O) groups excluding carboxylic acids is 2. The van der Waals surface area contributed by atoms with Crippen LogP contribution in [-0.4, -0.2) is 44.3 Å². The van der Waals surface area contributed by atoms with Crippen LogP contribution in [-0.2, 0) is 19.6 Å². The number of ether oxygens (including phenoxy) is 1. The third-order valence-electron chi connectivity index (χ3n) is 6.11. The van der Waals surface area contributed by atoms with Gasteiger partial charge in [0.15, 0.2) is 0 Å². The van der Waals surface area contributed by atoms with Crippen LogP contribution in [0.2, 0.25) is 0 Å². The predicted octanol–water partition coefficient (Wildman–Crippen LogP) is 4.70. The van der Waals surface area contributed by atoms with E-state index in [-0.39, 0.29) is 36.4 Å². The summed E-state index contributed by atoms with van der Waals surface area (Å²) in [6.45, 7) is 10.4. The molecule has 0 unspecified atom stereocenters. The van der Waals surface area contributed by atoms with Crippen LogP contribution in [0.3, 0.4) is 0 Å². The highest BCUT2D eigenvalue weighted by Gasteiger charge is 2.33. The highest BCUT2D eigenvalue weighted by molar-refractivity contribution is 7.89. The molecule has 1 N–H and O–H groups in total. The van der Waals surface area contributed by atoms with E-state index in [0.29, 0.717) is 29.3 Å². The average Bonchev–Trinajstić information content (AvgIpc) is 3.06. The molecule has 0 spiro atoms. The Morgan fingerprint density at radius 1 is 1.15 bits per heavy atom. The molecule has 0 aliphatic carbocycles. The van der Waals surface area contributed by atoms with Crippen molar-refractivity contribution in [3.8, 4) is 0 Å². The van der Waals surface area contributed by atoms with Gasteiger partial charge in [-0.2, -0.15) is 4.31 Å². The van der Waals surface area contributed by atoms with Crippen molar-refractivity contribution in [2.45, 2.75) is 58.3 Å². The Kier molecular flexibility index (Phi) is 7.97. The van der Waals surface area contributed by atoms with E-state index in [9.17, 15) is 18.0 Å². The number of carbonyl (C=O) groups is 2. The van der Waals surface area contributed by atoms with E-state index in [1.807, 2.05) is 26.0 Å². The summed E-state index contributed by atoms with van der Waals surface area (Å²) >= 11 is 1.35. The summed E-state index contributed by atoms with van der Waals surface area (Å²) in [5.74, 6) is -0.631. The third-order valence-corrected chi connectivity index (χ3v) is 9.15. The summed E-state index contributed by atoms with van der Waals surface area (Å²) in [5.41, 5.74) is 2.29. The summed E-state index contributed by atoms with van der Waals surface area (Å²) in [6, 6.07) is 7.01. The molecule has 0 saturated carbocycles. The van der Waals surface area contributed by atoms with Crippen molar-refractivity contribution < 1.29 is 22.7 Å². The number of hydrogen-bond donors (Lipinski definition) is 1. The molecule has 1 saturated heterocycles. The highest BCUT2D eigenvalue weighted by atomic mass is 32.2. The largest absolute Gasteiger partial charge is 0.462 e. The molecule has 7 nitrogen and oxygen atoms in total. The molecule has 1 amide bonds. The fraction of sp³-hybridized carbons (Fsp3) is 0.500. The number of sulfonamides is 1. The highest BCUT2D eigenvalue weighted by Crippen LogP contribution is 2.34. The molecule has 180 valence electrons. The van der Waals surface area contributed by atoms with Gasteiger partial charge in [-0.05, 0) is 62.8 Å². The van der Waals surface area contributed by atoms with Gasteiger partial charge in [-0.3, -0.25) is 4.79 Å². The van der Waals surface area contributed by atoms with E-state index in [4.69, 9.17) is 4.74 Å². The van der Waals surface area contributed by atoms with Crippen LogP contribution in [0.1, 0.15) is 65.9 Å². The molecule has 3 rings (SSSR count). The first kappa shape index (κ1) is 25.4. The maximum atomic E-state index is 13.0. The van der Waals surface area contributed by atoms with E-state index >= 15 is 0 Å². The Bertz CT molecular complexity index is 1110. The van der Waals surface area contributed by atoms with Gasteiger partial charge in [0.2, 0.25) is 15.9 Å².